The Bertz CT molecular complexity index is 1850. The third-order valence-corrected chi connectivity index (χ3v) is 10.2. The fraction of sp³-hybridized carbons (Fsp3) is 0.474. The number of carbonyl (C=O) groups excluding carboxylic acids is 3. The van der Waals surface area contributed by atoms with Gasteiger partial charge in [0.1, 0.15) is 40.4 Å². The maximum absolute atomic E-state index is 14.5. The van der Waals surface area contributed by atoms with E-state index in [-0.39, 0.29) is 25.3 Å². The second-order valence-electron chi connectivity index (χ2n) is 14.7. The molecule has 2 fully saturated rings. The van der Waals surface area contributed by atoms with Crippen LogP contribution < -0.4 is 15.4 Å². The molecule has 0 radical (unpaired) electrons. The molecule has 52 heavy (non-hydrogen) atoms. The standard InChI is InChI=1S/C38H45BrN6O7/c1-37(2,3)52-36(50)40-29-14-9-7-5-6-8-12-25-21-38(25,35(48)49)41-33(46)30-20-27(22-44(30)34(29)47)45-42-31(23-15-17-28(51-4)18-16-23)32(43-45)24-11-10-13-26(39)19-24/h8,10-13,15-19,25,27,29-30H,5-7,9,14,20-22H2,1-4H3,(H,40,50)(H,41,46)(H,48,49)/t25-,27+,29-,30+,38+/m1/s1. The number of carboxylic acids is 1. The second-order valence-corrected chi connectivity index (χ2v) is 15.6. The molecule has 2 aliphatic heterocycles. The number of amides is 3. The molecule has 1 saturated carbocycles. The van der Waals surface area contributed by atoms with Gasteiger partial charge < -0.3 is 30.1 Å². The third kappa shape index (κ3) is 8.16. The highest BCUT2D eigenvalue weighted by Gasteiger charge is 2.61. The molecule has 3 aromatic rings. The lowest BCUT2D eigenvalue weighted by Crippen LogP contribution is -2.56. The lowest BCUT2D eigenvalue weighted by atomic mass is 10.0. The lowest BCUT2D eigenvalue weighted by molar-refractivity contribution is -0.145. The summed E-state index contributed by atoms with van der Waals surface area (Å²) in [5.74, 6) is -1.81. The molecular formula is C38H45BrN6O7. The smallest absolute Gasteiger partial charge is 0.408 e. The van der Waals surface area contributed by atoms with E-state index in [1.54, 1.807) is 32.7 Å². The number of hydrogen-bond acceptors (Lipinski definition) is 8. The fourth-order valence-corrected chi connectivity index (χ4v) is 7.35. The number of rotatable bonds is 6. The number of nitrogens with one attached hydrogen (secondary N) is 2. The van der Waals surface area contributed by atoms with Crippen molar-refractivity contribution in [1.82, 2.24) is 30.5 Å². The van der Waals surface area contributed by atoms with Gasteiger partial charge in [0.2, 0.25) is 11.8 Å². The van der Waals surface area contributed by atoms with Crippen LogP contribution in [-0.2, 0) is 19.1 Å². The Morgan fingerprint density at radius 3 is 2.44 bits per heavy atom. The third-order valence-electron chi connectivity index (χ3n) is 9.75. The molecule has 3 N–H and O–H groups in total. The van der Waals surface area contributed by atoms with Gasteiger partial charge in [0, 0.05) is 34.5 Å². The van der Waals surface area contributed by atoms with Crippen LogP contribution >= 0.6 is 15.9 Å². The number of fused-ring (bicyclic) bond motifs is 2. The predicted octanol–water partition coefficient (Wildman–Crippen LogP) is 5.90. The average molecular weight is 778 g/mol. The van der Waals surface area contributed by atoms with Crippen molar-refractivity contribution in [2.24, 2.45) is 5.92 Å². The Kier molecular flexibility index (Phi) is 10.8. The van der Waals surface area contributed by atoms with E-state index in [0.717, 1.165) is 34.9 Å². The van der Waals surface area contributed by atoms with Crippen LogP contribution in [0.3, 0.4) is 0 Å². The maximum Gasteiger partial charge on any atom is 0.408 e. The van der Waals surface area contributed by atoms with E-state index in [1.807, 2.05) is 60.7 Å². The molecule has 0 unspecified atom stereocenters. The Balaban J connectivity index is 1.38. The lowest BCUT2D eigenvalue weighted by Gasteiger charge is -2.30. The summed E-state index contributed by atoms with van der Waals surface area (Å²) in [7, 11) is 1.60. The topological polar surface area (TPSA) is 165 Å². The molecule has 2 aromatic carbocycles. The summed E-state index contributed by atoms with van der Waals surface area (Å²) in [6.07, 6.45) is 6.86. The van der Waals surface area contributed by atoms with E-state index >= 15 is 0 Å². The van der Waals surface area contributed by atoms with Crippen LogP contribution in [0.15, 0.2) is 65.2 Å². The van der Waals surface area contributed by atoms with Gasteiger partial charge in [-0.3, -0.25) is 9.59 Å². The number of methoxy groups -OCH3 is 1. The summed E-state index contributed by atoms with van der Waals surface area (Å²) in [5, 5.41) is 25.7. The van der Waals surface area contributed by atoms with E-state index < -0.39 is 53.1 Å². The van der Waals surface area contributed by atoms with Crippen LogP contribution in [0.5, 0.6) is 5.75 Å². The molecule has 276 valence electrons. The minimum atomic E-state index is -1.45. The highest BCUT2D eigenvalue weighted by atomic mass is 79.9. The molecule has 5 atom stereocenters. The second kappa shape index (κ2) is 15.1. The van der Waals surface area contributed by atoms with Gasteiger partial charge in [-0.2, -0.15) is 15.0 Å². The Morgan fingerprint density at radius 1 is 1.04 bits per heavy atom. The molecule has 1 aliphatic carbocycles. The number of aromatic nitrogens is 3. The quantitative estimate of drug-likeness (QED) is 0.259. The highest BCUT2D eigenvalue weighted by molar-refractivity contribution is 9.10. The van der Waals surface area contributed by atoms with E-state index in [0.29, 0.717) is 30.0 Å². The van der Waals surface area contributed by atoms with Crippen LogP contribution in [0.2, 0.25) is 0 Å². The molecule has 13 nitrogen and oxygen atoms in total. The van der Waals surface area contributed by atoms with Crippen LogP contribution in [0.4, 0.5) is 4.79 Å². The normalized spacial score (nSPS) is 25.2. The summed E-state index contributed by atoms with van der Waals surface area (Å²) in [4.78, 5) is 57.2. The van der Waals surface area contributed by atoms with Crippen molar-refractivity contribution < 1.29 is 33.8 Å². The van der Waals surface area contributed by atoms with Gasteiger partial charge in [-0.1, -0.05) is 53.1 Å². The first-order chi connectivity index (χ1) is 24.8. The average Bonchev–Trinajstić information content (AvgIpc) is 3.40. The number of allylic oxidation sites excluding steroid dienone is 1. The highest BCUT2D eigenvalue weighted by Crippen LogP contribution is 2.46. The molecule has 3 aliphatic rings. The molecule has 1 saturated heterocycles. The first-order valence-corrected chi connectivity index (χ1v) is 18.5. The van der Waals surface area contributed by atoms with E-state index in [9.17, 15) is 24.3 Å². The van der Waals surface area contributed by atoms with E-state index in [2.05, 4.69) is 26.6 Å². The maximum atomic E-state index is 14.5. The Labute approximate surface area is 311 Å². The van der Waals surface area contributed by atoms with Crippen molar-refractivity contribution in [2.45, 2.75) is 95.0 Å². The van der Waals surface area contributed by atoms with Crippen LogP contribution in [0, 0.1) is 5.92 Å². The number of carboxylic acid groups (broad SMARTS) is 1. The summed E-state index contributed by atoms with van der Waals surface area (Å²) >= 11 is 3.56. The van der Waals surface area contributed by atoms with Gasteiger partial charge in [0.25, 0.3) is 0 Å². The van der Waals surface area contributed by atoms with Gasteiger partial charge in [-0.25, -0.2) is 9.59 Å². The minimum absolute atomic E-state index is 0.0570. The molecule has 6 rings (SSSR count). The zero-order valence-corrected chi connectivity index (χ0v) is 31.4. The summed E-state index contributed by atoms with van der Waals surface area (Å²) < 4.78 is 11.7. The van der Waals surface area contributed by atoms with Gasteiger partial charge >= 0.3 is 12.1 Å². The SMILES string of the molecule is COc1ccc(-c2nn([C@H]3C[C@H]4C(=O)N[C@@]5(C(=O)O)C[C@H]5C=CCCCCC[C@@H](NC(=O)OC(C)(C)C)C(=O)N4C3)nc2-c2cccc(Br)c2)cc1. The van der Waals surface area contributed by atoms with Gasteiger partial charge in [-0.15, -0.1) is 0 Å². The van der Waals surface area contributed by atoms with Crippen molar-refractivity contribution in [1.29, 1.82) is 0 Å². The van der Waals surface area contributed by atoms with Crippen LogP contribution in [0.1, 0.15) is 71.8 Å². The first-order valence-electron chi connectivity index (χ1n) is 17.7. The number of nitrogens with zero attached hydrogens (tertiary/aromatic N) is 4. The number of alkyl carbamates (subject to hydrolysis) is 1. The van der Waals surface area contributed by atoms with Crippen molar-refractivity contribution >= 4 is 39.8 Å². The largest absolute Gasteiger partial charge is 0.497 e. The van der Waals surface area contributed by atoms with Crippen molar-refractivity contribution in [3.63, 3.8) is 0 Å². The number of carbonyl (C=O) groups is 4. The molecule has 0 spiro atoms. The molecule has 1 aromatic heterocycles. The van der Waals surface area contributed by atoms with Gasteiger partial charge in [0.05, 0.1) is 13.2 Å². The summed E-state index contributed by atoms with van der Waals surface area (Å²) in [5.41, 5.74) is 0.573. The van der Waals surface area contributed by atoms with E-state index in [1.165, 1.54) is 4.90 Å². The number of aliphatic carboxylic acids is 1. The van der Waals surface area contributed by atoms with Crippen LogP contribution in [-0.4, -0.2) is 85.8 Å². The number of hydrogen-bond donors (Lipinski definition) is 3. The summed E-state index contributed by atoms with van der Waals surface area (Å²) in [6.45, 7) is 5.29. The Morgan fingerprint density at radius 2 is 1.77 bits per heavy atom. The van der Waals surface area contributed by atoms with E-state index in [4.69, 9.17) is 19.7 Å². The zero-order valence-electron chi connectivity index (χ0n) is 29.8. The molecule has 0 bridgehead atoms. The van der Waals surface area contributed by atoms with Crippen molar-refractivity contribution in [2.75, 3.05) is 13.7 Å². The fourth-order valence-electron chi connectivity index (χ4n) is 6.95. The summed E-state index contributed by atoms with van der Waals surface area (Å²) in [6, 6.07) is 12.6. The van der Waals surface area contributed by atoms with Gasteiger partial charge in [0.15, 0.2) is 0 Å². The van der Waals surface area contributed by atoms with Crippen LogP contribution in [0.25, 0.3) is 22.5 Å². The van der Waals surface area contributed by atoms with Crippen molar-refractivity contribution in [3.8, 4) is 28.3 Å². The molecule has 14 heteroatoms. The minimum Gasteiger partial charge on any atom is -0.497 e. The van der Waals surface area contributed by atoms with Crippen molar-refractivity contribution in [3.05, 3.63) is 65.2 Å². The molecule has 3 heterocycles. The Hall–Kier alpha value is -4.72. The first kappa shape index (κ1) is 37.1. The predicted molar refractivity (Wildman–Crippen MR) is 196 cm³/mol. The molecule has 3 amide bonds. The monoisotopic (exact) mass is 776 g/mol. The number of benzene rings is 2. The number of halogens is 1. The molecular weight excluding hydrogens is 732 g/mol. The zero-order chi connectivity index (χ0) is 37.2. The van der Waals surface area contributed by atoms with Gasteiger partial charge in [-0.05, 0) is 82.9 Å². The number of ether oxygens (including phenoxy) is 2.